The van der Waals surface area contributed by atoms with Crippen LogP contribution in [0.2, 0.25) is 5.02 Å². The van der Waals surface area contributed by atoms with Crippen molar-refractivity contribution in [1.82, 2.24) is 15.2 Å². The number of hydrogen-bond acceptors (Lipinski definition) is 6. The van der Waals surface area contributed by atoms with Crippen LogP contribution in [-0.4, -0.2) is 21.4 Å². The van der Waals surface area contributed by atoms with E-state index in [-0.39, 0.29) is 0 Å². The summed E-state index contributed by atoms with van der Waals surface area (Å²) < 4.78 is 5.73. The van der Waals surface area contributed by atoms with Gasteiger partial charge in [-0.3, -0.25) is 5.43 Å². The van der Waals surface area contributed by atoms with E-state index in [1.54, 1.807) is 13.1 Å². The Morgan fingerprint density at radius 1 is 1.23 bits per heavy atom. The lowest BCUT2D eigenvalue weighted by atomic mass is 10.2. The Morgan fingerprint density at radius 3 is 2.77 bits per heavy atom. The first-order valence-electron chi connectivity index (χ1n) is 7.80. The summed E-state index contributed by atoms with van der Waals surface area (Å²) in [4.78, 5) is 14.9. The van der Waals surface area contributed by atoms with Crippen molar-refractivity contribution < 1.29 is 4.74 Å². The standard InChI is InChI=1S/C18H16ClN5O2/c1-12-17(21-18(25)24-22-12)23-20-10-13-6-8-15(9-7-13)26-11-14-4-2-3-5-16(14)19/h2-10H,11H2,1H3,(H2,21,23,24,25). The van der Waals surface area contributed by atoms with Crippen molar-refractivity contribution in [2.24, 2.45) is 5.10 Å². The number of aryl methyl sites for hydroxylation is 1. The highest BCUT2D eigenvalue weighted by atomic mass is 35.5. The molecule has 0 radical (unpaired) electrons. The zero-order chi connectivity index (χ0) is 18.4. The fourth-order valence-electron chi connectivity index (χ4n) is 2.09. The normalized spacial score (nSPS) is 10.8. The van der Waals surface area contributed by atoms with Crippen LogP contribution in [0.5, 0.6) is 5.75 Å². The highest BCUT2D eigenvalue weighted by Gasteiger charge is 2.01. The third-order valence-corrected chi connectivity index (χ3v) is 3.86. The minimum absolute atomic E-state index is 0.310. The van der Waals surface area contributed by atoms with E-state index in [0.717, 1.165) is 16.9 Å². The van der Waals surface area contributed by atoms with Gasteiger partial charge in [-0.05, 0) is 42.8 Å². The van der Waals surface area contributed by atoms with Gasteiger partial charge in [0.1, 0.15) is 18.1 Å². The second-order valence-corrected chi connectivity index (χ2v) is 5.80. The van der Waals surface area contributed by atoms with Gasteiger partial charge >= 0.3 is 5.69 Å². The molecule has 132 valence electrons. The second kappa shape index (κ2) is 8.26. The van der Waals surface area contributed by atoms with Gasteiger partial charge in [-0.1, -0.05) is 29.8 Å². The van der Waals surface area contributed by atoms with E-state index < -0.39 is 5.69 Å². The third kappa shape index (κ3) is 4.67. The van der Waals surface area contributed by atoms with E-state index in [4.69, 9.17) is 16.3 Å². The molecule has 3 rings (SSSR count). The SMILES string of the molecule is Cc1n[nH]c(=O)nc1NN=Cc1ccc(OCc2ccccc2Cl)cc1. The van der Waals surface area contributed by atoms with E-state index >= 15 is 0 Å². The molecule has 0 aliphatic carbocycles. The molecule has 1 aromatic heterocycles. The highest BCUT2D eigenvalue weighted by Crippen LogP contribution is 2.18. The largest absolute Gasteiger partial charge is 0.489 e. The van der Waals surface area contributed by atoms with Gasteiger partial charge in [-0.25, -0.2) is 9.89 Å². The summed E-state index contributed by atoms with van der Waals surface area (Å²) in [5.41, 5.74) is 4.50. The molecule has 0 aliphatic heterocycles. The average Bonchev–Trinajstić information content (AvgIpc) is 2.65. The minimum atomic E-state index is -0.534. The van der Waals surface area contributed by atoms with E-state index in [0.29, 0.717) is 23.1 Å². The van der Waals surface area contributed by atoms with Crippen molar-refractivity contribution in [2.45, 2.75) is 13.5 Å². The number of anilines is 1. The summed E-state index contributed by atoms with van der Waals surface area (Å²) in [5.74, 6) is 1.04. The van der Waals surface area contributed by atoms with Gasteiger partial charge in [0.15, 0.2) is 5.82 Å². The predicted molar refractivity (Wildman–Crippen MR) is 101 cm³/mol. The number of ether oxygens (including phenoxy) is 1. The van der Waals surface area contributed by atoms with Gasteiger partial charge in [-0.15, -0.1) is 0 Å². The van der Waals surface area contributed by atoms with E-state index in [2.05, 4.69) is 25.7 Å². The monoisotopic (exact) mass is 369 g/mol. The summed E-state index contributed by atoms with van der Waals surface area (Å²) in [7, 11) is 0. The maximum atomic E-state index is 11.2. The Hall–Kier alpha value is -3.19. The van der Waals surface area contributed by atoms with Crippen LogP contribution in [0.25, 0.3) is 0 Å². The topological polar surface area (TPSA) is 92.3 Å². The number of halogens is 1. The second-order valence-electron chi connectivity index (χ2n) is 5.39. The molecule has 0 atom stereocenters. The van der Waals surface area contributed by atoms with Crippen molar-refractivity contribution in [3.63, 3.8) is 0 Å². The molecular weight excluding hydrogens is 354 g/mol. The molecule has 0 fully saturated rings. The lowest BCUT2D eigenvalue weighted by Gasteiger charge is -2.07. The Labute approximate surface area is 154 Å². The maximum absolute atomic E-state index is 11.2. The molecule has 0 bridgehead atoms. The van der Waals surface area contributed by atoms with Gasteiger partial charge in [0.2, 0.25) is 0 Å². The highest BCUT2D eigenvalue weighted by molar-refractivity contribution is 6.31. The zero-order valence-electron chi connectivity index (χ0n) is 13.9. The Balaban J connectivity index is 1.58. The molecule has 3 aromatic rings. The molecule has 2 aromatic carbocycles. The number of nitrogens with zero attached hydrogens (tertiary/aromatic N) is 3. The quantitative estimate of drug-likeness (QED) is 0.514. The molecule has 8 heteroatoms. The van der Waals surface area contributed by atoms with Crippen LogP contribution in [0.1, 0.15) is 16.8 Å². The first-order valence-corrected chi connectivity index (χ1v) is 8.18. The van der Waals surface area contributed by atoms with Crippen LogP contribution in [0.4, 0.5) is 5.82 Å². The number of aromatic amines is 1. The molecule has 26 heavy (non-hydrogen) atoms. The molecule has 2 N–H and O–H groups in total. The Morgan fingerprint density at radius 2 is 2.00 bits per heavy atom. The fourth-order valence-corrected chi connectivity index (χ4v) is 2.28. The lowest BCUT2D eigenvalue weighted by molar-refractivity contribution is 0.306. The van der Waals surface area contributed by atoms with E-state index in [1.165, 1.54) is 0 Å². The van der Waals surface area contributed by atoms with E-state index in [9.17, 15) is 4.79 Å². The molecular formula is C18H16ClN5O2. The van der Waals surface area contributed by atoms with Crippen LogP contribution in [0.3, 0.4) is 0 Å². The number of benzene rings is 2. The van der Waals surface area contributed by atoms with Crippen LogP contribution in [-0.2, 0) is 6.61 Å². The number of hydrogen-bond donors (Lipinski definition) is 2. The van der Waals surface area contributed by atoms with Gasteiger partial charge in [-0.2, -0.15) is 15.2 Å². The molecule has 1 heterocycles. The first-order chi connectivity index (χ1) is 12.6. The number of aromatic nitrogens is 3. The fraction of sp³-hybridized carbons (Fsp3) is 0.111. The van der Waals surface area contributed by atoms with E-state index in [1.807, 2.05) is 48.5 Å². The average molecular weight is 370 g/mol. The van der Waals surface area contributed by atoms with Crippen molar-refractivity contribution in [3.8, 4) is 5.75 Å². The molecule has 0 saturated carbocycles. The van der Waals surface area contributed by atoms with Crippen molar-refractivity contribution >= 4 is 23.6 Å². The third-order valence-electron chi connectivity index (χ3n) is 3.49. The molecule has 0 unspecified atom stereocenters. The van der Waals surface area contributed by atoms with Crippen molar-refractivity contribution in [1.29, 1.82) is 0 Å². The molecule has 0 spiro atoms. The van der Waals surface area contributed by atoms with Gasteiger partial charge < -0.3 is 4.74 Å². The summed E-state index contributed by atoms with van der Waals surface area (Å²) in [6.45, 7) is 2.11. The molecule has 0 amide bonds. The number of hydrazone groups is 1. The lowest BCUT2D eigenvalue weighted by Crippen LogP contribution is -2.15. The summed E-state index contributed by atoms with van der Waals surface area (Å²) >= 11 is 6.11. The smallest absolute Gasteiger partial charge is 0.363 e. The predicted octanol–water partition coefficient (Wildman–Crippen LogP) is 3.15. The van der Waals surface area contributed by atoms with Crippen molar-refractivity contribution in [2.75, 3.05) is 5.43 Å². The molecule has 0 saturated heterocycles. The first kappa shape index (κ1) is 17.6. The van der Waals surface area contributed by atoms with Crippen LogP contribution >= 0.6 is 11.6 Å². The van der Waals surface area contributed by atoms with Crippen LogP contribution in [0.15, 0.2) is 58.4 Å². The summed E-state index contributed by atoms with van der Waals surface area (Å²) in [5, 5.41) is 10.8. The molecule has 7 nitrogen and oxygen atoms in total. The zero-order valence-corrected chi connectivity index (χ0v) is 14.7. The van der Waals surface area contributed by atoms with Crippen LogP contribution < -0.4 is 15.9 Å². The molecule has 0 aliphatic rings. The van der Waals surface area contributed by atoms with Crippen LogP contribution in [0, 0.1) is 6.92 Å². The summed E-state index contributed by atoms with van der Waals surface area (Å²) in [6.07, 6.45) is 1.61. The minimum Gasteiger partial charge on any atom is -0.489 e. The number of nitrogens with one attached hydrogen (secondary N) is 2. The number of H-pyrrole nitrogens is 1. The van der Waals surface area contributed by atoms with Gasteiger partial charge in [0, 0.05) is 10.6 Å². The van der Waals surface area contributed by atoms with Gasteiger partial charge in [0.25, 0.3) is 0 Å². The van der Waals surface area contributed by atoms with Gasteiger partial charge in [0.05, 0.1) is 6.21 Å². The maximum Gasteiger partial charge on any atom is 0.363 e. The van der Waals surface area contributed by atoms with Crippen molar-refractivity contribution in [3.05, 3.63) is 80.9 Å². The summed E-state index contributed by atoms with van der Waals surface area (Å²) in [6, 6.07) is 15.0. The Bertz CT molecular complexity index is 970. The number of rotatable bonds is 6. The Kier molecular flexibility index (Phi) is 5.60.